The molecule has 6 heteroatoms. The van der Waals surface area contributed by atoms with Crippen LogP contribution in [0.5, 0.6) is 5.75 Å². The molecule has 2 aromatic carbocycles. The highest BCUT2D eigenvalue weighted by molar-refractivity contribution is 5.85. The third kappa shape index (κ3) is 4.03. The third-order valence-electron chi connectivity index (χ3n) is 6.64. The normalized spacial score (nSPS) is 17.3. The van der Waals surface area contributed by atoms with Gasteiger partial charge in [-0.15, -0.1) is 0 Å². The maximum absolute atomic E-state index is 14.8. The van der Waals surface area contributed by atoms with Crippen LogP contribution in [0.2, 0.25) is 0 Å². The Hall–Kier alpha value is -2.89. The number of nitrogens with zero attached hydrogens (tertiary/aromatic N) is 3. The molecule has 0 atom stereocenters. The van der Waals surface area contributed by atoms with E-state index in [1.165, 1.54) is 24.8 Å². The smallest absolute Gasteiger partial charge is 0.227 e. The van der Waals surface area contributed by atoms with Crippen LogP contribution in [0, 0.1) is 5.82 Å². The monoisotopic (exact) mass is 420 g/mol. The Kier molecular flexibility index (Phi) is 5.62. The number of benzene rings is 2. The zero-order valence-electron chi connectivity index (χ0n) is 18.0. The summed E-state index contributed by atoms with van der Waals surface area (Å²) in [7, 11) is 1.71. The van der Waals surface area contributed by atoms with E-state index in [1.54, 1.807) is 13.2 Å². The second-order valence-electron chi connectivity index (χ2n) is 8.63. The number of aromatic nitrogens is 2. The average molecular weight is 421 g/mol. The minimum Gasteiger partial charge on any atom is -0.496 e. The summed E-state index contributed by atoms with van der Waals surface area (Å²) in [6.07, 6.45) is 10.1. The number of hydrogen-bond acceptors (Lipinski definition) is 5. The van der Waals surface area contributed by atoms with Gasteiger partial charge in [-0.05, 0) is 68.4 Å². The summed E-state index contributed by atoms with van der Waals surface area (Å²) < 4.78 is 20.5. The number of rotatable bonds is 5. The van der Waals surface area contributed by atoms with E-state index >= 15 is 0 Å². The lowest BCUT2D eigenvalue weighted by molar-refractivity contribution is 0.406. The van der Waals surface area contributed by atoms with Crippen molar-refractivity contribution in [1.29, 1.82) is 0 Å². The quantitative estimate of drug-likeness (QED) is 0.535. The number of piperidine rings is 1. The number of hydrogen-bond donors (Lipinski definition) is 1. The van der Waals surface area contributed by atoms with E-state index < -0.39 is 0 Å². The van der Waals surface area contributed by atoms with E-state index in [-0.39, 0.29) is 5.82 Å². The van der Waals surface area contributed by atoms with E-state index in [0.29, 0.717) is 23.2 Å². The lowest BCUT2D eigenvalue weighted by atomic mass is 9.94. The molecule has 3 aromatic rings. The van der Waals surface area contributed by atoms with Gasteiger partial charge in [-0.25, -0.2) is 14.4 Å². The first-order chi connectivity index (χ1) is 15.2. The SMILES string of the molecule is COc1ccc2cnc(Nc3ccc(N4CCCCC4)c(F)c3)nc2c1C1CCCC1. The van der Waals surface area contributed by atoms with Gasteiger partial charge in [0.15, 0.2) is 0 Å². The van der Waals surface area contributed by atoms with Crippen molar-refractivity contribution in [3.8, 4) is 5.75 Å². The average Bonchev–Trinajstić information content (AvgIpc) is 3.33. The molecule has 31 heavy (non-hydrogen) atoms. The molecule has 0 spiro atoms. The summed E-state index contributed by atoms with van der Waals surface area (Å²) in [5.74, 6) is 1.62. The van der Waals surface area contributed by atoms with E-state index in [4.69, 9.17) is 9.72 Å². The van der Waals surface area contributed by atoms with Gasteiger partial charge >= 0.3 is 0 Å². The Bertz CT molecular complexity index is 1070. The van der Waals surface area contributed by atoms with E-state index in [9.17, 15) is 4.39 Å². The maximum Gasteiger partial charge on any atom is 0.227 e. The van der Waals surface area contributed by atoms with E-state index in [2.05, 4.69) is 15.2 Å². The van der Waals surface area contributed by atoms with Crippen molar-refractivity contribution in [2.24, 2.45) is 0 Å². The highest BCUT2D eigenvalue weighted by Gasteiger charge is 2.24. The van der Waals surface area contributed by atoms with E-state index in [0.717, 1.165) is 55.4 Å². The predicted molar refractivity (Wildman–Crippen MR) is 123 cm³/mol. The van der Waals surface area contributed by atoms with Gasteiger partial charge < -0.3 is 15.0 Å². The van der Waals surface area contributed by atoms with Gasteiger partial charge in [-0.3, -0.25) is 0 Å². The first-order valence-electron chi connectivity index (χ1n) is 11.4. The van der Waals surface area contributed by atoms with Gasteiger partial charge in [0.05, 0.1) is 18.3 Å². The molecule has 2 heterocycles. The highest BCUT2D eigenvalue weighted by Crippen LogP contribution is 2.42. The number of nitrogens with one attached hydrogen (secondary N) is 1. The molecular formula is C25H29FN4O. The lowest BCUT2D eigenvalue weighted by Gasteiger charge is -2.29. The number of anilines is 3. The maximum atomic E-state index is 14.8. The first kappa shape index (κ1) is 20.0. The molecule has 5 nitrogen and oxygen atoms in total. The van der Waals surface area contributed by atoms with Gasteiger partial charge in [-0.2, -0.15) is 0 Å². The topological polar surface area (TPSA) is 50.3 Å². The van der Waals surface area contributed by atoms with E-state index in [1.807, 2.05) is 30.5 Å². The van der Waals surface area contributed by atoms with Crippen molar-refractivity contribution < 1.29 is 9.13 Å². The summed E-state index contributed by atoms with van der Waals surface area (Å²) >= 11 is 0. The molecule has 5 rings (SSSR count). The molecule has 1 saturated carbocycles. The molecule has 162 valence electrons. The Morgan fingerprint density at radius 2 is 1.84 bits per heavy atom. The van der Waals surface area contributed by atoms with Crippen molar-refractivity contribution >= 4 is 28.2 Å². The van der Waals surface area contributed by atoms with Crippen LogP contribution in [0.3, 0.4) is 0 Å². The molecule has 1 aromatic heterocycles. The molecule has 1 aliphatic heterocycles. The standard InChI is InChI=1S/C25H29FN4O/c1-31-22-12-9-18-16-27-25(29-24(18)23(22)17-7-3-4-8-17)28-19-10-11-21(20(26)15-19)30-13-5-2-6-14-30/h9-12,15-17H,2-8,13-14H2,1H3,(H,27,28,29). The zero-order valence-corrected chi connectivity index (χ0v) is 18.0. The molecule has 2 fully saturated rings. The van der Waals surface area contributed by atoms with Crippen LogP contribution < -0.4 is 15.0 Å². The second kappa shape index (κ2) is 8.69. The fourth-order valence-electron chi connectivity index (χ4n) is 5.05. The Balaban J connectivity index is 1.45. The molecule has 1 saturated heterocycles. The van der Waals surface area contributed by atoms with Gasteiger partial charge in [0.25, 0.3) is 0 Å². The zero-order chi connectivity index (χ0) is 21.2. The summed E-state index contributed by atoms with van der Waals surface area (Å²) in [6, 6.07) is 9.33. The minimum atomic E-state index is -0.207. The summed E-state index contributed by atoms with van der Waals surface area (Å²) in [6.45, 7) is 1.84. The van der Waals surface area contributed by atoms with Crippen LogP contribution >= 0.6 is 0 Å². The largest absolute Gasteiger partial charge is 0.496 e. The van der Waals surface area contributed by atoms with Gasteiger partial charge in [0.2, 0.25) is 5.95 Å². The molecular weight excluding hydrogens is 391 g/mol. The minimum absolute atomic E-state index is 0.207. The summed E-state index contributed by atoms with van der Waals surface area (Å²) in [4.78, 5) is 11.4. The number of fused-ring (bicyclic) bond motifs is 1. The second-order valence-corrected chi connectivity index (χ2v) is 8.63. The van der Waals surface area contributed by atoms with Gasteiger partial charge in [-0.1, -0.05) is 12.8 Å². The van der Waals surface area contributed by atoms with Crippen molar-refractivity contribution in [1.82, 2.24) is 9.97 Å². The van der Waals surface area contributed by atoms with Crippen LogP contribution in [0.15, 0.2) is 36.5 Å². The van der Waals surface area contributed by atoms with Crippen molar-refractivity contribution in [2.75, 3.05) is 30.4 Å². The summed E-state index contributed by atoms with van der Waals surface area (Å²) in [5, 5.41) is 4.20. The molecule has 1 aliphatic carbocycles. The molecule has 0 amide bonds. The molecule has 1 N–H and O–H groups in total. The Morgan fingerprint density at radius 3 is 2.58 bits per heavy atom. The van der Waals surface area contributed by atoms with Crippen LogP contribution in [-0.2, 0) is 0 Å². The molecule has 0 unspecified atom stereocenters. The predicted octanol–water partition coefficient (Wildman–Crippen LogP) is 6.17. The fourth-order valence-corrected chi connectivity index (χ4v) is 5.05. The Morgan fingerprint density at radius 1 is 1.03 bits per heavy atom. The number of halogens is 1. The van der Waals surface area contributed by atoms with Crippen molar-refractivity contribution in [3.63, 3.8) is 0 Å². The third-order valence-corrected chi connectivity index (χ3v) is 6.64. The van der Waals surface area contributed by atoms with Crippen LogP contribution in [0.1, 0.15) is 56.4 Å². The number of methoxy groups -OCH3 is 1. The van der Waals surface area contributed by atoms with Crippen molar-refractivity contribution in [3.05, 3.63) is 47.9 Å². The number of ether oxygens (including phenoxy) is 1. The van der Waals surface area contributed by atoms with Crippen LogP contribution in [0.4, 0.5) is 21.7 Å². The van der Waals surface area contributed by atoms with Crippen molar-refractivity contribution in [2.45, 2.75) is 50.9 Å². The Labute approximate surface area is 182 Å². The molecule has 2 aliphatic rings. The molecule has 0 bridgehead atoms. The highest BCUT2D eigenvalue weighted by atomic mass is 19.1. The van der Waals surface area contributed by atoms with Crippen LogP contribution in [0.25, 0.3) is 10.9 Å². The first-order valence-corrected chi connectivity index (χ1v) is 11.4. The van der Waals surface area contributed by atoms with Gasteiger partial charge in [0, 0.05) is 35.9 Å². The summed E-state index contributed by atoms with van der Waals surface area (Å²) in [5.41, 5.74) is 3.43. The van der Waals surface area contributed by atoms with Gasteiger partial charge in [0.1, 0.15) is 11.6 Å². The lowest BCUT2D eigenvalue weighted by Crippen LogP contribution is -2.30. The van der Waals surface area contributed by atoms with Crippen LogP contribution in [-0.4, -0.2) is 30.2 Å². The fraction of sp³-hybridized carbons (Fsp3) is 0.440. The molecule has 0 radical (unpaired) electrons.